The van der Waals surface area contributed by atoms with Crippen LogP contribution in [-0.2, 0) is 0 Å². The van der Waals surface area contributed by atoms with Crippen LogP contribution < -0.4 is 0 Å². The molecule has 0 aliphatic heterocycles. The Balaban J connectivity index is -0.0000000450. The van der Waals surface area contributed by atoms with E-state index in [1.807, 2.05) is 0 Å². The van der Waals surface area contributed by atoms with Crippen LogP contribution in [0.1, 0.15) is 0 Å². The zero-order chi connectivity index (χ0) is 3.41. The molecule has 0 nitrogen and oxygen atoms in total. The van der Waals surface area contributed by atoms with E-state index in [-0.39, 0.29) is 59.1 Å². The van der Waals surface area contributed by atoms with Crippen molar-refractivity contribution in [1.29, 1.82) is 0 Å². The first-order valence-corrected chi connectivity index (χ1v) is 1.88. The Morgan fingerprint density at radius 2 is 1.00 bits per heavy atom. The topological polar surface area (TPSA) is 0 Å². The molecule has 0 bridgehead atoms. The molecule has 0 aromatic heterocycles. The van der Waals surface area contributed by atoms with E-state index in [1.165, 1.54) is 0 Å². The van der Waals surface area contributed by atoms with Crippen LogP contribution in [0.25, 0.3) is 0 Å². The molecule has 0 amide bonds. The summed E-state index contributed by atoms with van der Waals surface area (Å²) in [6.07, 6.45) is 0. The summed E-state index contributed by atoms with van der Waals surface area (Å²) in [5.41, 5.74) is 0. The van der Waals surface area contributed by atoms with Gasteiger partial charge in [0.2, 0.25) is 0 Å². The van der Waals surface area contributed by atoms with E-state index in [0.29, 0.717) is 0 Å². The first kappa shape index (κ1) is 15.8. The SMILES string of the molecule is S/C=C/S.[NaH].[NaH]. The van der Waals surface area contributed by atoms with Crippen LogP contribution in [0.2, 0.25) is 0 Å². The Labute approximate surface area is 93.6 Å². The van der Waals surface area contributed by atoms with Crippen molar-refractivity contribution in [1.82, 2.24) is 0 Å². The average molecular weight is 140 g/mol. The molecule has 0 aromatic carbocycles. The molecule has 0 fully saturated rings. The van der Waals surface area contributed by atoms with Crippen LogP contribution in [0.5, 0.6) is 0 Å². The van der Waals surface area contributed by atoms with Crippen molar-refractivity contribution < 1.29 is 0 Å². The van der Waals surface area contributed by atoms with Gasteiger partial charge in [-0.1, -0.05) is 0 Å². The van der Waals surface area contributed by atoms with E-state index in [2.05, 4.69) is 25.3 Å². The summed E-state index contributed by atoms with van der Waals surface area (Å²) in [5, 5.41) is 3.12. The van der Waals surface area contributed by atoms with Crippen LogP contribution in [0.3, 0.4) is 0 Å². The third-order valence-electron chi connectivity index (χ3n) is 0.0667. The number of hydrogen-bond acceptors (Lipinski definition) is 2. The van der Waals surface area contributed by atoms with E-state index < -0.39 is 0 Å². The second-order valence-electron chi connectivity index (χ2n) is 0.298. The van der Waals surface area contributed by atoms with Gasteiger partial charge in [-0.25, -0.2) is 0 Å². The molecule has 0 rings (SSSR count). The van der Waals surface area contributed by atoms with Crippen molar-refractivity contribution >= 4 is 84.4 Å². The Bertz CT molecular complexity index is 24.7. The van der Waals surface area contributed by atoms with E-state index in [0.717, 1.165) is 0 Å². The van der Waals surface area contributed by atoms with E-state index in [4.69, 9.17) is 0 Å². The van der Waals surface area contributed by atoms with Crippen LogP contribution in [0, 0.1) is 0 Å². The molecule has 0 heterocycles. The van der Waals surface area contributed by atoms with Crippen LogP contribution >= 0.6 is 25.3 Å². The van der Waals surface area contributed by atoms with Crippen LogP contribution in [0.4, 0.5) is 0 Å². The molecule has 0 aliphatic rings. The van der Waals surface area contributed by atoms with Crippen molar-refractivity contribution in [2.75, 3.05) is 0 Å². The quantitative estimate of drug-likeness (QED) is 0.344. The summed E-state index contributed by atoms with van der Waals surface area (Å²) in [7, 11) is 0. The predicted octanol–water partition coefficient (Wildman–Crippen LogP) is 0.0202. The molecule has 0 unspecified atom stereocenters. The minimum absolute atomic E-state index is 0. The molecule has 0 atom stereocenters. The Morgan fingerprint density at radius 1 is 0.833 bits per heavy atom. The van der Waals surface area contributed by atoms with Gasteiger partial charge in [0, 0.05) is 0 Å². The van der Waals surface area contributed by atoms with Gasteiger partial charge in [0.05, 0.1) is 0 Å². The maximum absolute atomic E-state index is 3.66. The third-order valence-corrected chi connectivity index (χ3v) is 0.600. The second-order valence-corrected chi connectivity index (χ2v) is 0.894. The van der Waals surface area contributed by atoms with Crippen LogP contribution in [-0.4, -0.2) is 59.1 Å². The molecule has 6 heavy (non-hydrogen) atoms. The van der Waals surface area contributed by atoms with Gasteiger partial charge in [0.1, 0.15) is 0 Å². The van der Waals surface area contributed by atoms with Crippen molar-refractivity contribution in [3.8, 4) is 0 Å². The number of thiol groups is 2. The van der Waals surface area contributed by atoms with Gasteiger partial charge in [-0.2, -0.15) is 25.3 Å². The minimum atomic E-state index is 0. The van der Waals surface area contributed by atoms with Crippen molar-refractivity contribution in [3.63, 3.8) is 0 Å². The summed E-state index contributed by atoms with van der Waals surface area (Å²) >= 11 is 7.33. The van der Waals surface area contributed by atoms with Crippen molar-refractivity contribution in [3.05, 3.63) is 10.8 Å². The molecule has 0 aromatic rings. The fourth-order valence-corrected chi connectivity index (χ4v) is 0. The average Bonchev–Trinajstić information content (AvgIpc) is 1.37. The first-order valence-electron chi connectivity index (χ1n) is 0.850. The molecule has 28 valence electrons. The van der Waals surface area contributed by atoms with Gasteiger partial charge in [0.25, 0.3) is 0 Å². The van der Waals surface area contributed by atoms with Gasteiger partial charge in [-0.3, -0.25) is 0 Å². The molecule has 0 saturated carbocycles. The van der Waals surface area contributed by atoms with Crippen LogP contribution in [0.15, 0.2) is 10.8 Å². The van der Waals surface area contributed by atoms with Gasteiger partial charge >= 0.3 is 59.1 Å². The second kappa shape index (κ2) is 15.7. The third kappa shape index (κ3) is 16.1. The standard InChI is InChI=1S/C2H4S2.2Na.2H/c3-1-2-4;;;;/h1-4H;;;;/b2-1+;;;;. The Hall–Kier alpha value is 2.44. The molecule has 0 radical (unpaired) electrons. The summed E-state index contributed by atoms with van der Waals surface area (Å²) in [6, 6.07) is 0. The number of rotatable bonds is 0. The van der Waals surface area contributed by atoms with E-state index in [9.17, 15) is 0 Å². The summed E-state index contributed by atoms with van der Waals surface area (Å²) in [5.74, 6) is 0. The fourth-order valence-electron chi connectivity index (χ4n) is 0. The first-order chi connectivity index (χ1) is 1.91. The maximum atomic E-state index is 3.66. The van der Waals surface area contributed by atoms with Gasteiger partial charge in [0.15, 0.2) is 0 Å². The van der Waals surface area contributed by atoms with Gasteiger partial charge < -0.3 is 0 Å². The van der Waals surface area contributed by atoms with Gasteiger partial charge in [-0.05, 0) is 10.8 Å². The molecular weight excluding hydrogens is 134 g/mol. The zero-order valence-electron chi connectivity index (χ0n) is 2.05. The Kier molecular flexibility index (Phi) is 41.2. The molecule has 0 saturated heterocycles. The van der Waals surface area contributed by atoms with Crippen molar-refractivity contribution in [2.45, 2.75) is 0 Å². The molecule has 0 spiro atoms. The molecule has 4 heteroatoms. The van der Waals surface area contributed by atoms with E-state index >= 15 is 0 Å². The normalized spacial score (nSPS) is 6.33. The van der Waals surface area contributed by atoms with Gasteiger partial charge in [-0.15, -0.1) is 0 Å². The summed E-state index contributed by atoms with van der Waals surface area (Å²) < 4.78 is 0. The monoisotopic (exact) mass is 140 g/mol. The van der Waals surface area contributed by atoms with E-state index in [1.54, 1.807) is 10.8 Å². The predicted molar refractivity (Wildman–Crippen MR) is 41.4 cm³/mol. The summed E-state index contributed by atoms with van der Waals surface area (Å²) in [4.78, 5) is 0. The number of hydrogen-bond donors (Lipinski definition) is 2. The fraction of sp³-hybridized carbons (Fsp3) is 0. The molecule has 0 N–H and O–H groups in total. The summed E-state index contributed by atoms with van der Waals surface area (Å²) in [6.45, 7) is 0. The van der Waals surface area contributed by atoms with Crippen molar-refractivity contribution in [2.24, 2.45) is 0 Å². The Morgan fingerprint density at radius 3 is 1.00 bits per heavy atom. The zero-order valence-corrected chi connectivity index (χ0v) is 3.84. The molecule has 0 aliphatic carbocycles. The molecular formula is C2H6Na2S2.